The maximum atomic E-state index is 10.7. The van der Waals surface area contributed by atoms with Crippen LogP contribution in [0.25, 0.3) is 0 Å². The summed E-state index contributed by atoms with van der Waals surface area (Å²) >= 11 is 0. The van der Waals surface area contributed by atoms with Gasteiger partial charge in [0.25, 0.3) is 0 Å². The molecule has 2 nitrogen and oxygen atoms in total. The molecule has 0 heterocycles. The molecule has 1 aromatic carbocycles. The van der Waals surface area contributed by atoms with Crippen molar-refractivity contribution in [2.24, 2.45) is 16.6 Å². The molecule has 2 heteroatoms. The largest absolute Gasteiger partial charge is 0.392 e. The highest BCUT2D eigenvalue weighted by molar-refractivity contribution is 5.28. The summed E-state index contributed by atoms with van der Waals surface area (Å²) in [6.07, 6.45) is 2.61. The molecule has 1 aliphatic rings. The van der Waals surface area contributed by atoms with Crippen molar-refractivity contribution in [2.75, 3.05) is 6.54 Å². The lowest BCUT2D eigenvalue weighted by Crippen LogP contribution is -2.44. The highest BCUT2D eigenvalue weighted by Gasteiger charge is 2.50. The molecule has 3 N–H and O–H groups in total. The molecular formula is C19H31NO. The second kappa shape index (κ2) is 5.40. The predicted octanol–water partition coefficient (Wildman–Crippen LogP) is 3.65. The zero-order valence-electron chi connectivity index (χ0n) is 14.2. The number of benzene rings is 1. The SMILES string of the molecule is CC(C)(C)c1ccc(CC2(CN)CCC(C)(C)C2O)cc1. The molecule has 1 saturated carbocycles. The van der Waals surface area contributed by atoms with Crippen molar-refractivity contribution >= 4 is 0 Å². The van der Waals surface area contributed by atoms with E-state index in [9.17, 15) is 5.11 Å². The van der Waals surface area contributed by atoms with Gasteiger partial charge in [-0.1, -0.05) is 58.9 Å². The molecule has 2 unspecified atom stereocenters. The number of nitrogens with two attached hydrogens (primary N) is 1. The average molecular weight is 289 g/mol. The van der Waals surface area contributed by atoms with Crippen LogP contribution in [0.2, 0.25) is 0 Å². The summed E-state index contributed by atoms with van der Waals surface area (Å²) in [5.74, 6) is 0. The van der Waals surface area contributed by atoms with E-state index >= 15 is 0 Å². The van der Waals surface area contributed by atoms with Crippen LogP contribution in [0, 0.1) is 10.8 Å². The van der Waals surface area contributed by atoms with E-state index in [2.05, 4.69) is 58.9 Å². The van der Waals surface area contributed by atoms with E-state index in [1.165, 1.54) is 11.1 Å². The van der Waals surface area contributed by atoms with Crippen LogP contribution < -0.4 is 5.73 Å². The summed E-state index contributed by atoms with van der Waals surface area (Å²) in [7, 11) is 0. The Morgan fingerprint density at radius 1 is 1.14 bits per heavy atom. The van der Waals surface area contributed by atoms with Gasteiger partial charge in [0, 0.05) is 12.0 Å². The van der Waals surface area contributed by atoms with Crippen molar-refractivity contribution in [1.82, 2.24) is 0 Å². The van der Waals surface area contributed by atoms with Gasteiger partial charge in [0.15, 0.2) is 0 Å². The maximum absolute atomic E-state index is 10.7. The number of aliphatic hydroxyl groups excluding tert-OH is 1. The Hall–Kier alpha value is -0.860. The van der Waals surface area contributed by atoms with Crippen molar-refractivity contribution in [3.63, 3.8) is 0 Å². The van der Waals surface area contributed by atoms with Crippen molar-refractivity contribution < 1.29 is 5.11 Å². The number of hydrogen-bond donors (Lipinski definition) is 2. The minimum absolute atomic E-state index is 0.0231. The van der Waals surface area contributed by atoms with Crippen LogP contribution in [0.3, 0.4) is 0 Å². The first kappa shape index (κ1) is 16.5. The average Bonchev–Trinajstić information content (AvgIpc) is 2.63. The second-order valence-electron chi connectivity index (χ2n) is 8.58. The fraction of sp³-hybridized carbons (Fsp3) is 0.684. The van der Waals surface area contributed by atoms with Crippen LogP contribution in [0.15, 0.2) is 24.3 Å². The summed E-state index contributed by atoms with van der Waals surface area (Å²) in [5, 5.41) is 10.7. The Morgan fingerprint density at radius 3 is 2.10 bits per heavy atom. The highest BCUT2D eigenvalue weighted by Crippen LogP contribution is 2.50. The van der Waals surface area contributed by atoms with E-state index in [1.807, 2.05) is 0 Å². The Labute approximate surface area is 129 Å². The zero-order valence-corrected chi connectivity index (χ0v) is 14.2. The lowest BCUT2D eigenvalue weighted by molar-refractivity contribution is -0.00464. The van der Waals surface area contributed by atoms with E-state index in [1.54, 1.807) is 0 Å². The van der Waals surface area contributed by atoms with Crippen LogP contribution in [0.4, 0.5) is 0 Å². The standard InChI is InChI=1S/C19H31NO/c1-17(2,3)15-8-6-14(7-9-15)12-19(13-20)11-10-18(4,5)16(19)21/h6-9,16,21H,10-13,20H2,1-5H3. The molecule has 0 amide bonds. The Balaban J connectivity index is 2.20. The molecule has 0 saturated heterocycles. The smallest absolute Gasteiger partial charge is 0.0662 e. The molecule has 0 radical (unpaired) electrons. The molecule has 0 aliphatic heterocycles. The summed E-state index contributed by atoms with van der Waals surface area (Å²) in [4.78, 5) is 0. The van der Waals surface area contributed by atoms with Gasteiger partial charge in [-0.25, -0.2) is 0 Å². The number of aliphatic hydroxyl groups is 1. The van der Waals surface area contributed by atoms with Crippen molar-refractivity contribution in [1.29, 1.82) is 0 Å². The minimum Gasteiger partial charge on any atom is -0.392 e. The molecule has 1 aliphatic carbocycles. The Morgan fingerprint density at radius 2 is 1.71 bits per heavy atom. The fourth-order valence-corrected chi connectivity index (χ4v) is 3.67. The van der Waals surface area contributed by atoms with E-state index in [-0.39, 0.29) is 22.3 Å². The second-order valence-corrected chi connectivity index (χ2v) is 8.58. The topological polar surface area (TPSA) is 46.2 Å². The van der Waals surface area contributed by atoms with Gasteiger partial charge in [0.1, 0.15) is 0 Å². The third kappa shape index (κ3) is 3.17. The number of hydrogen-bond acceptors (Lipinski definition) is 2. The van der Waals surface area contributed by atoms with Crippen LogP contribution in [-0.4, -0.2) is 17.8 Å². The van der Waals surface area contributed by atoms with Gasteiger partial charge < -0.3 is 10.8 Å². The molecule has 0 bridgehead atoms. The summed E-state index contributed by atoms with van der Waals surface area (Å²) in [6.45, 7) is 11.5. The normalized spacial score (nSPS) is 28.8. The summed E-state index contributed by atoms with van der Waals surface area (Å²) in [6, 6.07) is 8.84. The molecule has 2 atom stereocenters. The highest BCUT2D eigenvalue weighted by atomic mass is 16.3. The van der Waals surface area contributed by atoms with Crippen LogP contribution in [-0.2, 0) is 11.8 Å². The summed E-state index contributed by atoms with van der Waals surface area (Å²) in [5.41, 5.74) is 8.69. The van der Waals surface area contributed by atoms with Crippen molar-refractivity contribution in [3.05, 3.63) is 35.4 Å². The maximum Gasteiger partial charge on any atom is 0.0662 e. The molecule has 21 heavy (non-hydrogen) atoms. The van der Waals surface area contributed by atoms with Gasteiger partial charge in [0.2, 0.25) is 0 Å². The van der Waals surface area contributed by atoms with Crippen molar-refractivity contribution in [2.45, 2.75) is 65.4 Å². The molecule has 0 spiro atoms. The third-order valence-electron chi connectivity index (χ3n) is 5.37. The Bertz CT molecular complexity index is 483. The van der Waals surface area contributed by atoms with Crippen LogP contribution in [0.5, 0.6) is 0 Å². The van der Waals surface area contributed by atoms with Gasteiger partial charge in [0.05, 0.1) is 6.10 Å². The van der Waals surface area contributed by atoms with E-state index in [4.69, 9.17) is 5.73 Å². The monoisotopic (exact) mass is 289 g/mol. The Kier molecular flexibility index (Phi) is 4.25. The molecule has 1 fully saturated rings. The quantitative estimate of drug-likeness (QED) is 0.892. The fourth-order valence-electron chi connectivity index (χ4n) is 3.67. The van der Waals surface area contributed by atoms with Gasteiger partial charge >= 0.3 is 0 Å². The van der Waals surface area contributed by atoms with Crippen LogP contribution >= 0.6 is 0 Å². The molecular weight excluding hydrogens is 258 g/mol. The lowest BCUT2D eigenvalue weighted by atomic mass is 9.74. The molecule has 2 rings (SSSR count). The van der Waals surface area contributed by atoms with Gasteiger partial charge in [-0.3, -0.25) is 0 Å². The first-order chi connectivity index (χ1) is 9.61. The van der Waals surface area contributed by atoms with Crippen LogP contribution in [0.1, 0.15) is 58.6 Å². The minimum atomic E-state index is -0.322. The first-order valence-electron chi connectivity index (χ1n) is 8.08. The zero-order chi connectivity index (χ0) is 15.9. The number of rotatable bonds is 3. The van der Waals surface area contributed by atoms with Gasteiger partial charge in [-0.15, -0.1) is 0 Å². The predicted molar refractivity (Wildman–Crippen MR) is 89.4 cm³/mol. The van der Waals surface area contributed by atoms with Gasteiger partial charge in [-0.2, -0.15) is 0 Å². The molecule has 0 aromatic heterocycles. The molecule has 1 aromatic rings. The lowest BCUT2D eigenvalue weighted by Gasteiger charge is -2.36. The third-order valence-corrected chi connectivity index (χ3v) is 5.37. The molecule has 118 valence electrons. The van der Waals surface area contributed by atoms with E-state index < -0.39 is 0 Å². The summed E-state index contributed by atoms with van der Waals surface area (Å²) < 4.78 is 0. The van der Waals surface area contributed by atoms with Crippen molar-refractivity contribution in [3.8, 4) is 0 Å². The van der Waals surface area contributed by atoms with E-state index in [0.29, 0.717) is 6.54 Å². The van der Waals surface area contributed by atoms with E-state index in [0.717, 1.165) is 19.3 Å². The van der Waals surface area contributed by atoms with Gasteiger partial charge in [-0.05, 0) is 41.2 Å². The first-order valence-corrected chi connectivity index (χ1v) is 8.08.